The van der Waals surface area contributed by atoms with Crippen LogP contribution < -0.4 is 4.74 Å². The molecule has 0 aliphatic rings. The number of methoxy groups -OCH3 is 1. The minimum Gasteiger partial charge on any atom is -0.490 e. The third-order valence-corrected chi connectivity index (χ3v) is 4.26. The number of aliphatic hydroxyl groups excluding tert-OH is 1. The molecule has 2 aromatic carbocycles. The Bertz CT molecular complexity index is 643. The molecule has 0 saturated heterocycles. The molecule has 0 fully saturated rings. The van der Waals surface area contributed by atoms with Crippen LogP contribution in [-0.2, 0) is 18.1 Å². The first kappa shape index (κ1) is 16.3. The molecule has 22 heavy (non-hydrogen) atoms. The van der Waals surface area contributed by atoms with E-state index < -0.39 is 4.92 Å². The highest BCUT2D eigenvalue weighted by atomic mass is 32.2. The van der Waals surface area contributed by atoms with Crippen LogP contribution in [0, 0.1) is 10.1 Å². The first-order chi connectivity index (χ1) is 10.6. The van der Waals surface area contributed by atoms with Crippen molar-refractivity contribution in [1.29, 1.82) is 0 Å². The smallest absolute Gasteiger partial charge is 0.310 e. The Kier molecular flexibility index (Phi) is 5.80. The number of thioether (sulfide) groups is 1. The zero-order chi connectivity index (χ0) is 15.9. The highest BCUT2D eigenvalue weighted by Gasteiger charge is 2.14. The maximum Gasteiger partial charge on any atom is 0.310 e. The van der Waals surface area contributed by atoms with Gasteiger partial charge in [0.05, 0.1) is 18.6 Å². The van der Waals surface area contributed by atoms with E-state index in [0.29, 0.717) is 0 Å². The number of hydrogen-bond acceptors (Lipinski definition) is 5. The number of benzene rings is 2. The van der Waals surface area contributed by atoms with Crippen molar-refractivity contribution < 1.29 is 14.8 Å². The summed E-state index contributed by atoms with van der Waals surface area (Å²) >= 11 is 1.72. The molecule has 0 unspecified atom stereocenters. The fourth-order valence-electron chi connectivity index (χ4n) is 1.99. The normalized spacial score (nSPS) is 10.5. The van der Waals surface area contributed by atoms with Gasteiger partial charge in [0.15, 0.2) is 5.75 Å². The van der Waals surface area contributed by atoms with E-state index in [4.69, 9.17) is 9.84 Å². The van der Waals surface area contributed by atoms with Gasteiger partial charge in [-0.2, -0.15) is 11.8 Å². The molecule has 5 nitrogen and oxygen atoms in total. The van der Waals surface area contributed by atoms with Crippen LogP contribution in [0.4, 0.5) is 5.69 Å². The molecule has 1 N–H and O–H groups in total. The summed E-state index contributed by atoms with van der Waals surface area (Å²) in [6.07, 6.45) is 0. The third-order valence-electron chi connectivity index (χ3n) is 3.18. The summed E-state index contributed by atoms with van der Waals surface area (Å²) in [5.41, 5.74) is 3.04. The largest absolute Gasteiger partial charge is 0.490 e. The number of nitro groups is 1. The lowest BCUT2D eigenvalue weighted by molar-refractivity contribution is -0.385. The van der Waals surface area contributed by atoms with Crippen molar-refractivity contribution in [1.82, 2.24) is 0 Å². The molecule has 0 saturated carbocycles. The standard InChI is InChI=1S/C16H17NO4S/c1-21-16-8-14(6-7-15(16)17(19)20)11-22-10-13-4-2-12(9-18)3-5-13/h2-8,18H,9-11H2,1H3. The summed E-state index contributed by atoms with van der Waals surface area (Å²) in [4.78, 5) is 10.4. The van der Waals surface area contributed by atoms with E-state index in [2.05, 4.69) is 0 Å². The second-order valence-corrected chi connectivity index (χ2v) is 5.72. The van der Waals surface area contributed by atoms with Gasteiger partial charge in [-0.05, 0) is 22.8 Å². The van der Waals surface area contributed by atoms with E-state index in [1.165, 1.54) is 18.7 Å². The van der Waals surface area contributed by atoms with Crippen molar-refractivity contribution in [3.63, 3.8) is 0 Å². The van der Waals surface area contributed by atoms with Crippen LogP contribution in [0.1, 0.15) is 16.7 Å². The molecule has 0 atom stereocenters. The van der Waals surface area contributed by atoms with Crippen molar-refractivity contribution >= 4 is 17.4 Å². The summed E-state index contributed by atoms with van der Waals surface area (Å²) in [5, 5.41) is 19.8. The molecular formula is C16H17NO4S. The number of rotatable bonds is 7. The van der Waals surface area contributed by atoms with Crippen LogP contribution in [0.25, 0.3) is 0 Å². The number of nitro benzene ring substituents is 1. The highest BCUT2D eigenvalue weighted by Crippen LogP contribution is 2.29. The number of ether oxygens (including phenoxy) is 1. The van der Waals surface area contributed by atoms with E-state index in [1.54, 1.807) is 23.9 Å². The fraction of sp³-hybridized carbons (Fsp3) is 0.250. The molecule has 0 spiro atoms. The summed E-state index contributed by atoms with van der Waals surface area (Å²) < 4.78 is 5.06. The molecule has 0 bridgehead atoms. The SMILES string of the molecule is COc1cc(CSCc2ccc(CO)cc2)ccc1[N+](=O)[O-]. The van der Waals surface area contributed by atoms with Gasteiger partial charge >= 0.3 is 5.69 Å². The topological polar surface area (TPSA) is 72.6 Å². The Morgan fingerprint density at radius 1 is 1.09 bits per heavy atom. The summed E-state index contributed by atoms with van der Waals surface area (Å²) in [5.74, 6) is 1.87. The van der Waals surface area contributed by atoms with Crippen molar-refractivity contribution in [2.75, 3.05) is 7.11 Å². The number of hydrogen-bond donors (Lipinski definition) is 1. The van der Waals surface area contributed by atoms with Crippen LogP contribution in [-0.4, -0.2) is 17.1 Å². The minimum atomic E-state index is -0.446. The van der Waals surface area contributed by atoms with Crippen LogP contribution >= 0.6 is 11.8 Å². The second-order valence-electron chi connectivity index (χ2n) is 4.73. The Balaban J connectivity index is 1.95. The maximum absolute atomic E-state index is 10.8. The number of aliphatic hydroxyl groups is 1. The van der Waals surface area contributed by atoms with Crippen molar-refractivity contribution in [3.05, 3.63) is 69.3 Å². The predicted octanol–water partition coefficient (Wildman–Crippen LogP) is 3.53. The quantitative estimate of drug-likeness (QED) is 0.624. The Hall–Kier alpha value is -2.05. The van der Waals surface area contributed by atoms with Gasteiger partial charge in [-0.25, -0.2) is 0 Å². The Morgan fingerprint density at radius 2 is 1.68 bits per heavy atom. The van der Waals surface area contributed by atoms with Gasteiger partial charge in [-0.15, -0.1) is 0 Å². The van der Waals surface area contributed by atoms with E-state index in [1.807, 2.05) is 24.3 Å². The molecule has 0 radical (unpaired) electrons. The van der Waals surface area contributed by atoms with Gasteiger partial charge in [0, 0.05) is 17.6 Å². The van der Waals surface area contributed by atoms with E-state index >= 15 is 0 Å². The van der Waals surface area contributed by atoms with E-state index in [0.717, 1.165) is 22.6 Å². The first-order valence-corrected chi connectivity index (χ1v) is 7.87. The van der Waals surface area contributed by atoms with Gasteiger partial charge in [0.2, 0.25) is 0 Å². The minimum absolute atomic E-state index is 0.0177. The van der Waals surface area contributed by atoms with Gasteiger partial charge in [0.25, 0.3) is 0 Å². The van der Waals surface area contributed by atoms with Gasteiger partial charge in [-0.3, -0.25) is 10.1 Å². The molecule has 0 aromatic heterocycles. The monoisotopic (exact) mass is 319 g/mol. The average Bonchev–Trinajstić information content (AvgIpc) is 2.55. The van der Waals surface area contributed by atoms with Crippen molar-refractivity contribution in [3.8, 4) is 5.75 Å². The second kappa shape index (κ2) is 7.82. The highest BCUT2D eigenvalue weighted by molar-refractivity contribution is 7.97. The first-order valence-electron chi connectivity index (χ1n) is 6.71. The van der Waals surface area contributed by atoms with Crippen LogP contribution in [0.5, 0.6) is 5.75 Å². The summed E-state index contributed by atoms with van der Waals surface area (Å²) in [7, 11) is 1.43. The zero-order valence-corrected chi connectivity index (χ0v) is 13.0. The van der Waals surface area contributed by atoms with Crippen molar-refractivity contribution in [2.24, 2.45) is 0 Å². The lowest BCUT2D eigenvalue weighted by Crippen LogP contribution is -1.95. The Labute approximate surface area is 133 Å². The molecule has 2 aromatic rings. The molecule has 2 rings (SSSR count). The lowest BCUT2D eigenvalue weighted by atomic mass is 10.2. The lowest BCUT2D eigenvalue weighted by Gasteiger charge is -2.06. The average molecular weight is 319 g/mol. The number of nitrogens with zero attached hydrogens (tertiary/aromatic N) is 1. The third kappa shape index (κ3) is 4.22. The van der Waals surface area contributed by atoms with Gasteiger partial charge < -0.3 is 9.84 Å². The molecule has 0 aliphatic heterocycles. The van der Waals surface area contributed by atoms with E-state index in [-0.39, 0.29) is 18.0 Å². The molecule has 6 heteroatoms. The van der Waals surface area contributed by atoms with Crippen LogP contribution in [0.3, 0.4) is 0 Å². The Morgan fingerprint density at radius 3 is 2.27 bits per heavy atom. The van der Waals surface area contributed by atoms with E-state index in [9.17, 15) is 10.1 Å². The summed E-state index contributed by atoms with van der Waals surface area (Å²) in [6, 6.07) is 12.7. The fourth-order valence-corrected chi connectivity index (χ4v) is 2.94. The molecule has 0 heterocycles. The molecule has 0 amide bonds. The summed E-state index contributed by atoms with van der Waals surface area (Å²) in [6.45, 7) is 0.0516. The molecule has 0 aliphatic carbocycles. The van der Waals surface area contributed by atoms with Crippen LogP contribution in [0.15, 0.2) is 42.5 Å². The van der Waals surface area contributed by atoms with Crippen LogP contribution in [0.2, 0.25) is 0 Å². The predicted molar refractivity (Wildman–Crippen MR) is 87.0 cm³/mol. The van der Waals surface area contributed by atoms with Gasteiger partial charge in [0.1, 0.15) is 0 Å². The maximum atomic E-state index is 10.8. The molecular weight excluding hydrogens is 302 g/mol. The van der Waals surface area contributed by atoms with Gasteiger partial charge in [-0.1, -0.05) is 30.3 Å². The zero-order valence-electron chi connectivity index (χ0n) is 12.2. The van der Waals surface area contributed by atoms with Crippen molar-refractivity contribution in [2.45, 2.75) is 18.1 Å². The molecule has 116 valence electrons.